The normalized spacial score (nSPS) is 18.1. The average Bonchev–Trinajstić information content (AvgIpc) is 3.23. The summed E-state index contributed by atoms with van der Waals surface area (Å²) in [5, 5.41) is 0. The van der Waals surface area contributed by atoms with Crippen LogP contribution in [-0.2, 0) is 17.9 Å². The quantitative estimate of drug-likeness (QED) is 0.810. The fraction of sp³-hybridized carbons (Fsp3) is 0.600. The van der Waals surface area contributed by atoms with Gasteiger partial charge in [-0.3, -0.25) is 13.9 Å². The lowest BCUT2D eigenvalue weighted by Gasteiger charge is -2.29. The number of rotatable bonds is 6. The van der Waals surface area contributed by atoms with E-state index in [-0.39, 0.29) is 18.1 Å². The topological polar surface area (TPSA) is 47.2 Å². The third kappa shape index (κ3) is 3.00. The summed E-state index contributed by atoms with van der Waals surface area (Å²) in [5.41, 5.74) is 1.75. The first-order valence-electron chi connectivity index (χ1n) is 9.70. The van der Waals surface area contributed by atoms with E-state index in [0.717, 1.165) is 43.1 Å². The minimum Gasteiger partial charge on any atom is -0.335 e. The molecule has 2 aliphatic carbocycles. The third-order valence-corrected chi connectivity index (χ3v) is 5.61. The SMILES string of the molecule is CCCn1c(=O)n(CC(=O)N(C2CCCC2)C2CC2)c2ccccc21. The molecule has 0 radical (unpaired) electrons. The lowest BCUT2D eigenvalue weighted by atomic mass is 10.2. The first-order valence-corrected chi connectivity index (χ1v) is 9.70. The first kappa shape index (κ1) is 16.4. The van der Waals surface area contributed by atoms with Crippen LogP contribution in [0.15, 0.2) is 29.1 Å². The molecule has 0 saturated heterocycles. The predicted molar refractivity (Wildman–Crippen MR) is 98.6 cm³/mol. The molecule has 25 heavy (non-hydrogen) atoms. The van der Waals surface area contributed by atoms with E-state index >= 15 is 0 Å². The van der Waals surface area contributed by atoms with Gasteiger partial charge in [0, 0.05) is 18.6 Å². The van der Waals surface area contributed by atoms with Gasteiger partial charge in [0.15, 0.2) is 0 Å². The lowest BCUT2D eigenvalue weighted by Crippen LogP contribution is -2.43. The summed E-state index contributed by atoms with van der Waals surface area (Å²) in [5.74, 6) is 0.121. The maximum atomic E-state index is 13.1. The Morgan fingerprint density at radius 1 is 1.04 bits per heavy atom. The molecular formula is C20H27N3O2. The van der Waals surface area contributed by atoms with Gasteiger partial charge < -0.3 is 4.90 Å². The molecular weight excluding hydrogens is 314 g/mol. The van der Waals surface area contributed by atoms with Crippen molar-refractivity contribution in [1.29, 1.82) is 0 Å². The van der Waals surface area contributed by atoms with Crippen LogP contribution in [0.3, 0.4) is 0 Å². The van der Waals surface area contributed by atoms with Gasteiger partial charge in [0.25, 0.3) is 0 Å². The smallest absolute Gasteiger partial charge is 0.329 e. The van der Waals surface area contributed by atoms with Crippen LogP contribution in [0.4, 0.5) is 0 Å². The standard InChI is InChI=1S/C20H27N3O2/c1-2-13-21-17-9-5-6-10-18(17)22(20(21)25)14-19(24)23(16-11-12-16)15-7-3-4-8-15/h5-6,9-10,15-16H,2-4,7-8,11-14H2,1H3. The summed E-state index contributed by atoms with van der Waals surface area (Å²) >= 11 is 0. The second kappa shape index (κ2) is 6.70. The molecule has 1 aromatic carbocycles. The Kier molecular flexibility index (Phi) is 4.40. The van der Waals surface area contributed by atoms with Crippen LogP contribution in [0.1, 0.15) is 51.9 Å². The van der Waals surface area contributed by atoms with Crippen molar-refractivity contribution in [3.8, 4) is 0 Å². The monoisotopic (exact) mass is 341 g/mol. The largest absolute Gasteiger partial charge is 0.335 e. The molecule has 2 aromatic rings. The minimum absolute atomic E-state index is 0.0569. The highest BCUT2D eigenvalue weighted by atomic mass is 16.2. The molecule has 4 rings (SSSR count). The number of hydrogen-bond acceptors (Lipinski definition) is 2. The van der Waals surface area contributed by atoms with E-state index in [2.05, 4.69) is 11.8 Å². The van der Waals surface area contributed by atoms with Crippen molar-refractivity contribution in [2.45, 2.75) is 77.0 Å². The van der Waals surface area contributed by atoms with Gasteiger partial charge in [0.1, 0.15) is 6.54 Å². The molecule has 0 aliphatic heterocycles. The summed E-state index contributed by atoms with van der Waals surface area (Å²) in [6.45, 7) is 2.93. The molecule has 1 aromatic heterocycles. The maximum Gasteiger partial charge on any atom is 0.329 e. The number of para-hydroxylation sites is 2. The van der Waals surface area contributed by atoms with Crippen molar-refractivity contribution in [2.24, 2.45) is 0 Å². The number of carbonyl (C=O) groups is 1. The Hall–Kier alpha value is -2.04. The average molecular weight is 341 g/mol. The number of imidazole rings is 1. The van der Waals surface area contributed by atoms with Crippen molar-refractivity contribution >= 4 is 16.9 Å². The van der Waals surface area contributed by atoms with E-state index in [1.54, 1.807) is 9.13 Å². The Balaban J connectivity index is 1.66. The molecule has 2 fully saturated rings. The third-order valence-electron chi connectivity index (χ3n) is 5.61. The van der Waals surface area contributed by atoms with Gasteiger partial charge in [0.05, 0.1) is 11.0 Å². The molecule has 0 atom stereocenters. The van der Waals surface area contributed by atoms with Gasteiger partial charge in [-0.05, 0) is 44.2 Å². The zero-order chi connectivity index (χ0) is 17.4. The Morgan fingerprint density at radius 3 is 2.24 bits per heavy atom. The van der Waals surface area contributed by atoms with Crippen molar-refractivity contribution in [3.05, 3.63) is 34.7 Å². The number of hydrogen-bond donors (Lipinski definition) is 0. The highest BCUT2D eigenvalue weighted by Gasteiger charge is 2.38. The fourth-order valence-corrected chi connectivity index (χ4v) is 4.32. The summed E-state index contributed by atoms with van der Waals surface area (Å²) in [6.07, 6.45) is 7.82. The summed E-state index contributed by atoms with van der Waals surface area (Å²) in [6, 6.07) is 8.62. The van der Waals surface area contributed by atoms with E-state index in [1.165, 1.54) is 12.8 Å². The fourth-order valence-electron chi connectivity index (χ4n) is 4.32. The highest BCUT2D eigenvalue weighted by Crippen LogP contribution is 2.34. The summed E-state index contributed by atoms with van der Waals surface area (Å²) in [4.78, 5) is 28.1. The van der Waals surface area contributed by atoms with Gasteiger partial charge in [-0.15, -0.1) is 0 Å². The van der Waals surface area contributed by atoms with Crippen molar-refractivity contribution in [1.82, 2.24) is 14.0 Å². The molecule has 0 spiro atoms. The van der Waals surface area contributed by atoms with Crippen LogP contribution in [-0.4, -0.2) is 32.0 Å². The van der Waals surface area contributed by atoms with Crippen molar-refractivity contribution in [3.63, 3.8) is 0 Å². The molecule has 134 valence electrons. The van der Waals surface area contributed by atoms with Gasteiger partial charge in [0.2, 0.25) is 5.91 Å². The predicted octanol–water partition coefficient (Wildman–Crippen LogP) is 3.15. The number of nitrogens with zero attached hydrogens (tertiary/aromatic N) is 3. The molecule has 1 amide bonds. The van der Waals surface area contributed by atoms with Crippen LogP contribution in [0.25, 0.3) is 11.0 Å². The van der Waals surface area contributed by atoms with E-state index in [0.29, 0.717) is 18.6 Å². The van der Waals surface area contributed by atoms with Crippen LogP contribution in [0, 0.1) is 0 Å². The van der Waals surface area contributed by atoms with Gasteiger partial charge >= 0.3 is 5.69 Å². The van der Waals surface area contributed by atoms with Crippen LogP contribution >= 0.6 is 0 Å². The second-order valence-corrected chi connectivity index (χ2v) is 7.48. The van der Waals surface area contributed by atoms with Crippen LogP contribution < -0.4 is 5.69 Å². The molecule has 0 bridgehead atoms. The van der Waals surface area contributed by atoms with Crippen LogP contribution in [0.5, 0.6) is 0 Å². The molecule has 2 saturated carbocycles. The number of aromatic nitrogens is 2. The molecule has 0 unspecified atom stereocenters. The van der Waals surface area contributed by atoms with Gasteiger partial charge in [-0.25, -0.2) is 4.79 Å². The summed E-state index contributed by atoms with van der Waals surface area (Å²) < 4.78 is 3.48. The Labute approximate surface area is 148 Å². The molecule has 0 N–H and O–H groups in total. The number of carbonyl (C=O) groups excluding carboxylic acids is 1. The van der Waals surface area contributed by atoms with Gasteiger partial charge in [-0.2, -0.15) is 0 Å². The van der Waals surface area contributed by atoms with Crippen molar-refractivity contribution < 1.29 is 4.79 Å². The number of fused-ring (bicyclic) bond motifs is 1. The highest BCUT2D eigenvalue weighted by molar-refractivity contribution is 5.81. The van der Waals surface area contributed by atoms with Gasteiger partial charge in [-0.1, -0.05) is 31.9 Å². The molecule has 5 nitrogen and oxygen atoms in total. The number of aryl methyl sites for hydroxylation is 1. The molecule has 2 aliphatic rings. The van der Waals surface area contributed by atoms with E-state index in [4.69, 9.17) is 0 Å². The minimum atomic E-state index is -0.0569. The van der Waals surface area contributed by atoms with Crippen LogP contribution in [0.2, 0.25) is 0 Å². The lowest BCUT2D eigenvalue weighted by molar-refractivity contribution is -0.134. The Bertz CT molecular complexity index is 825. The van der Waals surface area contributed by atoms with Crippen molar-refractivity contribution in [2.75, 3.05) is 0 Å². The number of amides is 1. The maximum absolute atomic E-state index is 13.1. The number of benzene rings is 1. The van der Waals surface area contributed by atoms with E-state index < -0.39 is 0 Å². The van der Waals surface area contributed by atoms with E-state index in [1.807, 2.05) is 24.3 Å². The molecule has 1 heterocycles. The second-order valence-electron chi connectivity index (χ2n) is 7.48. The molecule has 5 heteroatoms. The Morgan fingerprint density at radius 2 is 1.64 bits per heavy atom. The van der Waals surface area contributed by atoms with E-state index in [9.17, 15) is 9.59 Å². The first-order chi connectivity index (χ1) is 12.2. The zero-order valence-corrected chi connectivity index (χ0v) is 15.0. The summed E-state index contributed by atoms with van der Waals surface area (Å²) in [7, 11) is 0. The zero-order valence-electron chi connectivity index (χ0n) is 15.0.